The Morgan fingerprint density at radius 3 is 2.38 bits per heavy atom. The fourth-order valence-corrected chi connectivity index (χ4v) is 0.916. The molecule has 0 atom stereocenters. The highest BCUT2D eigenvalue weighted by Gasteiger charge is 1.88. The molecule has 0 heterocycles. The SMILES string of the molecule is N#CCC=Cc1ccc(C#N)cc1. The summed E-state index contributed by atoms with van der Waals surface area (Å²) in [4.78, 5) is 0. The van der Waals surface area contributed by atoms with E-state index in [4.69, 9.17) is 10.5 Å². The molecule has 0 aliphatic heterocycles. The van der Waals surface area contributed by atoms with Gasteiger partial charge < -0.3 is 0 Å². The Bertz CT molecular complexity index is 374. The van der Waals surface area contributed by atoms with Crippen LogP contribution in [0.4, 0.5) is 0 Å². The van der Waals surface area contributed by atoms with Crippen molar-refractivity contribution in [1.82, 2.24) is 0 Å². The minimum atomic E-state index is 0.417. The maximum Gasteiger partial charge on any atom is 0.0991 e. The highest BCUT2D eigenvalue weighted by molar-refractivity contribution is 5.51. The van der Waals surface area contributed by atoms with Gasteiger partial charge in [0.05, 0.1) is 24.1 Å². The summed E-state index contributed by atoms with van der Waals surface area (Å²) < 4.78 is 0. The minimum Gasteiger partial charge on any atom is -0.198 e. The van der Waals surface area contributed by atoms with Crippen LogP contribution in [0, 0.1) is 22.7 Å². The lowest BCUT2D eigenvalue weighted by Gasteiger charge is -1.91. The highest BCUT2D eigenvalue weighted by Crippen LogP contribution is 2.05. The molecular weight excluding hydrogens is 160 g/mol. The Hall–Kier alpha value is -2.06. The second-order valence-corrected chi connectivity index (χ2v) is 2.50. The quantitative estimate of drug-likeness (QED) is 0.681. The van der Waals surface area contributed by atoms with Crippen molar-refractivity contribution in [3.05, 3.63) is 41.5 Å². The first-order valence-electron chi connectivity index (χ1n) is 3.90. The molecule has 1 rings (SSSR count). The average Bonchev–Trinajstić information content (AvgIpc) is 2.19. The largest absolute Gasteiger partial charge is 0.198 e. The van der Waals surface area contributed by atoms with Gasteiger partial charge in [-0.15, -0.1) is 0 Å². The summed E-state index contributed by atoms with van der Waals surface area (Å²) in [5.74, 6) is 0. The second-order valence-electron chi connectivity index (χ2n) is 2.50. The van der Waals surface area contributed by atoms with E-state index in [0.29, 0.717) is 12.0 Å². The van der Waals surface area contributed by atoms with Crippen molar-refractivity contribution in [3.63, 3.8) is 0 Å². The van der Waals surface area contributed by atoms with E-state index in [1.54, 1.807) is 18.2 Å². The highest BCUT2D eigenvalue weighted by atomic mass is 14.2. The number of allylic oxidation sites excluding steroid dienone is 1. The first kappa shape index (κ1) is 9.03. The van der Waals surface area contributed by atoms with E-state index in [2.05, 4.69) is 0 Å². The fraction of sp³-hybridized carbons (Fsp3) is 0.0909. The summed E-state index contributed by atoms with van der Waals surface area (Å²) >= 11 is 0. The Morgan fingerprint density at radius 1 is 1.15 bits per heavy atom. The molecule has 0 fully saturated rings. The van der Waals surface area contributed by atoms with Crippen LogP contribution in [0.25, 0.3) is 6.08 Å². The minimum absolute atomic E-state index is 0.417. The van der Waals surface area contributed by atoms with Gasteiger partial charge in [-0.1, -0.05) is 24.3 Å². The third-order valence-corrected chi connectivity index (χ3v) is 1.56. The zero-order chi connectivity index (χ0) is 9.52. The summed E-state index contributed by atoms with van der Waals surface area (Å²) in [6.07, 6.45) is 4.08. The smallest absolute Gasteiger partial charge is 0.0991 e. The van der Waals surface area contributed by atoms with E-state index in [1.807, 2.05) is 30.3 Å². The molecule has 1 aromatic rings. The number of hydrogen-bond donors (Lipinski definition) is 0. The van der Waals surface area contributed by atoms with Crippen LogP contribution in [0.2, 0.25) is 0 Å². The van der Waals surface area contributed by atoms with Crippen LogP contribution in [0.3, 0.4) is 0 Å². The molecule has 0 spiro atoms. The van der Waals surface area contributed by atoms with Crippen LogP contribution >= 0.6 is 0 Å². The first-order valence-corrected chi connectivity index (χ1v) is 3.90. The summed E-state index contributed by atoms with van der Waals surface area (Å²) in [7, 11) is 0. The lowest BCUT2D eigenvalue weighted by atomic mass is 10.1. The summed E-state index contributed by atoms with van der Waals surface area (Å²) in [5, 5.41) is 16.8. The Kier molecular flexibility index (Phi) is 3.30. The number of rotatable bonds is 2. The third kappa shape index (κ3) is 2.81. The molecule has 0 N–H and O–H groups in total. The lowest BCUT2D eigenvalue weighted by molar-refractivity contribution is 1.36. The van der Waals surface area contributed by atoms with Gasteiger partial charge in [0.15, 0.2) is 0 Å². The normalized spacial score (nSPS) is 9.38. The van der Waals surface area contributed by atoms with Gasteiger partial charge in [-0.3, -0.25) is 0 Å². The Labute approximate surface area is 77.4 Å². The summed E-state index contributed by atoms with van der Waals surface area (Å²) in [6, 6.07) is 11.3. The fourth-order valence-electron chi connectivity index (χ4n) is 0.916. The van der Waals surface area contributed by atoms with Crippen LogP contribution in [-0.2, 0) is 0 Å². The van der Waals surface area contributed by atoms with Crippen LogP contribution in [0.15, 0.2) is 30.3 Å². The topological polar surface area (TPSA) is 47.6 Å². The molecule has 2 heteroatoms. The molecule has 0 aliphatic rings. The molecule has 0 saturated carbocycles. The van der Waals surface area contributed by atoms with Gasteiger partial charge in [0.25, 0.3) is 0 Å². The van der Waals surface area contributed by atoms with Crippen molar-refractivity contribution in [3.8, 4) is 12.1 Å². The van der Waals surface area contributed by atoms with Gasteiger partial charge >= 0.3 is 0 Å². The molecule has 0 unspecified atom stereocenters. The molecule has 13 heavy (non-hydrogen) atoms. The molecule has 0 radical (unpaired) electrons. The second kappa shape index (κ2) is 4.74. The van der Waals surface area contributed by atoms with Crippen LogP contribution in [-0.4, -0.2) is 0 Å². The molecule has 62 valence electrons. The van der Waals surface area contributed by atoms with Gasteiger partial charge in [-0.25, -0.2) is 0 Å². The first-order chi connectivity index (χ1) is 6.36. The van der Waals surface area contributed by atoms with E-state index in [9.17, 15) is 0 Å². The molecule has 0 saturated heterocycles. The average molecular weight is 168 g/mol. The zero-order valence-electron chi connectivity index (χ0n) is 7.07. The molecule has 1 aromatic carbocycles. The Morgan fingerprint density at radius 2 is 1.85 bits per heavy atom. The molecule has 0 bridgehead atoms. The van der Waals surface area contributed by atoms with Gasteiger partial charge in [-0.2, -0.15) is 10.5 Å². The van der Waals surface area contributed by atoms with Gasteiger partial charge in [0.2, 0.25) is 0 Å². The van der Waals surface area contributed by atoms with E-state index in [1.165, 1.54) is 0 Å². The Balaban J connectivity index is 2.72. The van der Waals surface area contributed by atoms with Crippen molar-refractivity contribution in [2.24, 2.45) is 0 Å². The van der Waals surface area contributed by atoms with Crippen LogP contribution < -0.4 is 0 Å². The zero-order valence-corrected chi connectivity index (χ0v) is 7.07. The molecule has 0 aliphatic carbocycles. The number of nitriles is 2. The van der Waals surface area contributed by atoms with E-state index in [-0.39, 0.29) is 0 Å². The molecule has 0 aromatic heterocycles. The molecular formula is C11H8N2. The maximum absolute atomic E-state index is 8.53. The van der Waals surface area contributed by atoms with Gasteiger partial charge in [0.1, 0.15) is 0 Å². The van der Waals surface area contributed by atoms with E-state index >= 15 is 0 Å². The molecule has 0 amide bonds. The predicted octanol–water partition coefficient (Wildman–Crippen LogP) is 2.49. The van der Waals surface area contributed by atoms with Crippen LogP contribution in [0.5, 0.6) is 0 Å². The van der Waals surface area contributed by atoms with Gasteiger partial charge in [0, 0.05) is 0 Å². The number of benzene rings is 1. The van der Waals surface area contributed by atoms with Crippen molar-refractivity contribution in [2.75, 3.05) is 0 Å². The number of nitrogens with zero attached hydrogens (tertiary/aromatic N) is 2. The standard InChI is InChI=1S/C11H8N2/c12-8-2-1-3-10-4-6-11(9-13)7-5-10/h1,3-7H,2H2. The number of hydrogen-bond acceptors (Lipinski definition) is 2. The summed E-state index contributed by atoms with van der Waals surface area (Å²) in [5.41, 5.74) is 1.66. The van der Waals surface area contributed by atoms with Crippen molar-refractivity contribution in [1.29, 1.82) is 10.5 Å². The lowest BCUT2D eigenvalue weighted by Crippen LogP contribution is -1.74. The van der Waals surface area contributed by atoms with Gasteiger partial charge in [-0.05, 0) is 17.7 Å². The maximum atomic E-state index is 8.53. The predicted molar refractivity (Wildman–Crippen MR) is 50.4 cm³/mol. The van der Waals surface area contributed by atoms with Crippen molar-refractivity contribution < 1.29 is 0 Å². The third-order valence-electron chi connectivity index (χ3n) is 1.56. The van der Waals surface area contributed by atoms with E-state index in [0.717, 1.165) is 5.56 Å². The van der Waals surface area contributed by atoms with Crippen LogP contribution in [0.1, 0.15) is 17.5 Å². The van der Waals surface area contributed by atoms with Crippen molar-refractivity contribution >= 4 is 6.08 Å². The van der Waals surface area contributed by atoms with Crippen molar-refractivity contribution in [2.45, 2.75) is 6.42 Å². The monoisotopic (exact) mass is 168 g/mol. The molecule has 2 nitrogen and oxygen atoms in total. The summed E-state index contributed by atoms with van der Waals surface area (Å²) in [6.45, 7) is 0. The van der Waals surface area contributed by atoms with E-state index < -0.39 is 0 Å².